The van der Waals surface area contributed by atoms with Gasteiger partial charge in [-0.05, 0) is 38.5 Å². The molecule has 21 heavy (non-hydrogen) atoms. The summed E-state index contributed by atoms with van der Waals surface area (Å²) in [6.07, 6.45) is 25.7. The molecule has 0 rings (SSSR count). The highest BCUT2D eigenvalue weighted by atomic mass is 16.3. The standard InChI is InChI=1S/C20H36O/c1-3-5-7-8-9-10-11-12-13-14-15-17-19-20(21)18-16-6-4-2/h8-9,14-15,17,19-21H,3-7,10-13,16,18H2,1-2H3/b9-8-,15-14-,19-17+/t20-/m1/s1. The van der Waals surface area contributed by atoms with Gasteiger partial charge in [0.25, 0.3) is 0 Å². The van der Waals surface area contributed by atoms with E-state index in [-0.39, 0.29) is 6.10 Å². The van der Waals surface area contributed by atoms with Gasteiger partial charge in [0.2, 0.25) is 0 Å². The molecule has 0 heterocycles. The van der Waals surface area contributed by atoms with Crippen LogP contribution in [0, 0.1) is 0 Å². The summed E-state index contributed by atoms with van der Waals surface area (Å²) in [6, 6.07) is 0. The minimum absolute atomic E-state index is 0.269. The summed E-state index contributed by atoms with van der Waals surface area (Å²) in [7, 11) is 0. The van der Waals surface area contributed by atoms with Crippen molar-refractivity contribution in [2.75, 3.05) is 0 Å². The Labute approximate surface area is 132 Å². The molecule has 0 radical (unpaired) electrons. The Morgan fingerprint density at radius 3 is 2.00 bits per heavy atom. The fourth-order valence-corrected chi connectivity index (χ4v) is 2.15. The van der Waals surface area contributed by atoms with Gasteiger partial charge in [0, 0.05) is 0 Å². The molecule has 0 aliphatic carbocycles. The highest BCUT2D eigenvalue weighted by Gasteiger charge is 1.96. The van der Waals surface area contributed by atoms with Crippen molar-refractivity contribution in [2.24, 2.45) is 0 Å². The van der Waals surface area contributed by atoms with Crippen molar-refractivity contribution < 1.29 is 5.11 Å². The average Bonchev–Trinajstić information content (AvgIpc) is 2.48. The van der Waals surface area contributed by atoms with Crippen LogP contribution in [0.1, 0.15) is 84.5 Å². The summed E-state index contributed by atoms with van der Waals surface area (Å²) in [6.45, 7) is 4.42. The quantitative estimate of drug-likeness (QED) is 0.225. The summed E-state index contributed by atoms with van der Waals surface area (Å²) in [5.74, 6) is 0. The van der Waals surface area contributed by atoms with Gasteiger partial charge in [0.1, 0.15) is 0 Å². The van der Waals surface area contributed by atoms with Crippen molar-refractivity contribution in [1.82, 2.24) is 0 Å². The molecule has 122 valence electrons. The van der Waals surface area contributed by atoms with Crippen molar-refractivity contribution in [3.05, 3.63) is 36.5 Å². The zero-order valence-corrected chi connectivity index (χ0v) is 14.3. The van der Waals surface area contributed by atoms with Crippen LogP contribution in [-0.4, -0.2) is 11.2 Å². The number of unbranched alkanes of at least 4 members (excludes halogenated alkanes) is 7. The van der Waals surface area contributed by atoms with Gasteiger partial charge in [-0.1, -0.05) is 82.4 Å². The van der Waals surface area contributed by atoms with Crippen LogP contribution >= 0.6 is 0 Å². The fourth-order valence-electron chi connectivity index (χ4n) is 2.15. The zero-order valence-electron chi connectivity index (χ0n) is 14.3. The topological polar surface area (TPSA) is 20.2 Å². The van der Waals surface area contributed by atoms with Gasteiger partial charge >= 0.3 is 0 Å². The second-order valence-electron chi connectivity index (χ2n) is 5.77. The number of allylic oxidation sites excluding steroid dienone is 5. The van der Waals surface area contributed by atoms with Crippen molar-refractivity contribution >= 4 is 0 Å². The number of rotatable bonds is 14. The van der Waals surface area contributed by atoms with Gasteiger partial charge in [-0.3, -0.25) is 0 Å². The average molecular weight is 293 g/mol. The molecule has 0 saturated heterocycles. The van der Waals surface area contributed by atoms with Gasteiger partial charge < -0.3 is 5.11 Å². The Balaban J connectivity index is 3.41. The van der Waals surface area contributed by atoms with E-state index in [1.54, 1.807) is 0 Å². The lowest BCUT2D eigenvalue weighted by Crippen LogP contribution is -2.00. The molecule has 0 fully saturated rings. The molecule has 0 aromatic rings. The lowest BCUT2D eigenvalue weighted by Gasteiger charge is -2.03. The number of aliphatic hydroxyl groups excluding tert-OH is 1. The normalized spacial score (nSPS) is 13.9. The van der Waals surface area contributed by atoms with Crippen LogP contribution in [0.3, 0.4) is 0 Å². The Morgan fingerprint density at radius 2 is 1.33 bits per heavy atom. The smallest absolute Gasteiger partial charge is 0.0723 e. The third kappa shape index (κ3) is 17.1. The molecular formula is C20H36O. The van der Waals surface area contributed by atoms with Crippen molar-refractivity contribution in [3.8, 4) is 0 Å². The van der Waals surface area contributed by atoms with Crippen LogP contribution in [0.5, 0.6) is 0 Å². The summed E-state index contributed by atoms with van der Waals surface area (Å²) >= 11 is 0. The molecule has 0 saturated carbocycles. The van der Waals surface area contributed by atoms with E-state index >= 15 is 0 Å². The SMILES string of the molecule is CCCC/C=C\CCCC/C=C\C=C\[C@H](O)CCCCC. The maximum Gasteiger partial charge on any atom is 0.0723 e. The molecule has 0 unspecified atom stereocenters. The highest BCUT2D eigenvalue weighted by molar-refractivity contribution is 5.04. The van der Waals surface area contributed by atoms with Crippen molar-refractivity contribution in [3.63, 3.8) is 0 Å². The summed E-state index contributed by atoms with van der Waals surface area (Å²) < 4.78 is 0. The fraction of sp³-hybridized carbons (Fsp3) is 0.700. The first kappa shape index (κ1) is 20.2. The van der Waals surface area contributed by atoms with Gasteiger partial charge in [-0.2, -0.15) is 0 Å². The summed E-state index contributed by atoms with van der Waals surface area (Å²) in [5.41, 5.74) is 0. The Bertz CT molecular complexity index is 276. The maximum absolute atomic E-state index is 9.71. The van der Waals surface area contributed by atoms with Gasteiger partial charge in [0.05, 0.1) is 6.10 Å². The molecule has 0 spiro atoms. The van der Waals surface area contributed by atoms with E-state index < -0.39 is 0 Å². The molecular weight excluding hydrogens is 256 g/mol. The first-order chi connectivity index (χ1) is 10.3. The molecule has 0 bridgehead atoms. The van der Waals surface area contributed by atoms with E-state index in [1.807, 2.05) is 12.2 Å². The second-order valence-corrected chi connectivity index (χ2v) is 5.77. The third-order valence-electron chi connectivity index (χ3n) is 3.57. The van der Waals surface area contributed by atoms with E-state index in [0.717, 1.165) is 19.3 Å². The Morgan fingerprint density at radius 1 is 0.714 bits per heavy atom. The second kappa shape index (κ2) is 17.2. The maximum atomic E-state index is 9.71. The van der Waals surface area contributed by atoms with Crippen LogP contribution in [0.4, 0.5) is 0 Å². The van der Waals surface area contributed by atoms with E-state index in [4.69, 9.17) is 0 Å². The van der Waals surface area contributed by atoms with Gasteiger partial charge in [0.15, 0.2) is 0 Å². The van der Waals surface area contributed by atoms with Crippen LogP contribution < -0.4 is 0 Å². The molecule has 0 aromatic carbocycles. The first-order valence-corrected chi connectivity index (χ1v) is 8.97. The predicted octanol–water partition coefficient (Wildman–Crippen LogP) is 6.35. The van der Waals surface area contributed by atoms with Crippen LogP contribution in [0.2, 0.25) is 0 Å². The van der Waals surface area contributed by atoms with Crippen LogP contribution in [0.25, 0.3) is 0 Å². The molecule has 0 aromatic heterocycles. The molecule has 1 nitrogen and oxygen atoms in total. The van der Waals surface area contributed by atoms with E-state index in [0.29, 0.717) is 0 Å². The third-order valence-corrected chi connectivity index (χ3v) is 3.57. The zero-order chi connectivity index (χ0) is 15.6. The monoisotopic (exact) mass is 292 g/mol. The van der Waals surface area contributed by atoms with Gasteiger partial charge in [-0.15, -0.1) is 0 Å². The van der Waals surface area contributed by atoms with Crippen LogP contribution in [0.15, 0.2) is 36.5 Å². The summed E-state index contributed by atoms with van der Waals surface area (Å²) in [4.78, 5) is 0. The molecule has 0 amide bonds. The lowest BCUT2D eigenvalue weighted by atomic mass is 10.1. The van der Waals surface area contributed by atoms with Crippen molar-refractivity contribution in [1.29, 1.82) is 0 Å². The van der Waals surface area contributed by atoms with Crippen LogP contribution in [-0.2, 0) is 0 Å². The highest BCUT2D eigenvalue weighted by Crippen LogP contribution is 2.05. The molecule has 1 heteroatoms. The minimum atomic E-state index is -0.269. The predicted molar refractivity (Wildman–Crippen MR) is 95.6 cm³/mol. The van der Waals surface area contributed by atoms with E-state index in [9.17, 15) is 5.11 Å². The van der Waals surface area contributed by atoms with Gasteiger partial charge in [-0.25, -0.2) is 0 Å². The Hall–Kier alpha value is -0.820. The molecule has 1 atom stereocenters. The van der Waals surface area contributed by atoms with E-state index in [1.165, 1.54) is 51.4 Å². The molecule has 0 aliphatic rings. The molecule has 1 N–H and O–H groups in total. The molecule has 0 aliphatic heterocycles. The first-order valence-electron chi connectivity index (χ1n) is 8.97. The number of aliphatic hydroxyl groups is 1. The lowest BCUT2D eigenvalue weighted by molar-refractivity contribution is 0.208. The minimum Gasteiger partial charge on any atom is -0.389 e. The largest absolute Gasteiger partial charge is 0.389 e. The van der Waals surface area contributed by atoms with E-state index in [2.05, 4.69) is 38.2 Å². The van der Waals surface area contributed by atoms with Crippen molar-refractivity contribution in [2.45, 2.75) is 90.6 Å². The number of hydrogen-bond acceptors (Lipinski definition) is 1. The number of hydrogen-bond donors (Lipinski definition) is 1. The Kier molecular flexibility index (Phi) is 16.6. The summed E-state index contributed by atoms with van der Waals surface area (Å²) in [5, 5.41) is 9.71.